The fourth-order valence-electron chi connectivity index (χ4n) is 6.36. The van der Waals surface area contributed by atoms with Crippen LogP contribution in [0.4, 0.5) is 8.78 Å². The minimum Gasteiger partial charge on any atom is -0.449 e. The smallest absolute Gasteiger partial charge is 0.334 e. The van der Waals surface area contributed by atoms with E-state index in [9.17, 15) is 23.8 Å². The van der Waals surface area contributed by atoms with Crippen molar-refractivity contribution in [1.29, 1.82) is 0 Å². The second kappa shape index (κ2) is 23.3. The van der Waals surface area contributed by atoms with Crippen LogP contribution in [-0.4, -0.2) is 53.1 Å². The number of ether oxygens (including phenoxy) is 2. The molecule has 0 aliphatic carbocycles. The van der Waals surface area contributed by atoms with Gasteiger partial charge in [-0.05, 0) is 44.6 Å². The monoisotopic (exact) mass is 600 g/mol. The van der Waals surface area contributed by atoms with E-state index < -0.39 is 30.7 Å². The number of hydrogen-bond acceptors (Lipinski definition) is 5. The molecule has 0 amide bonds. The Balaban J connectivity index is 1.36. The summed E-state index contributed by atoms with van der Waals surface area (Å²) in [5, 5.41) is 21.2. The predicted molar refractivity (Wildman–Crippen MR) is 166 cm³/mol. The van der Waals surface area contributed by atoms with Crippen LogP contribution < -0.4 is 0 Å². The van der Waals surface area contributed by atoms with Gasteiger partial charge in [0, 0.05) is 5.57 Å². The molecule has 0 radical (unpaired) electrons. The standard InChI is InChI=1S/C35H62F2O5/c1-2-3-4-5-6-7-11-14-17-20-23-29(38)31-25-26-32(41-31)30(39)24-21-18-15-12-9-8-10-13-16-19-22-28-27-33(34(36)37)42-35(28)40/h27,29-34,38-39H,2-26H2,1H3/t29-,30-,31-,32-,33-/m1/s1. The molecule has 0 saturated carbocycles. The van der Waals surface area contributed by atoms with Crippen LogP contribution in [0.1, 0.15) is 167 Å². The quantitative estimate of drug-likeness (QED) is 0.0726. The number of aliphatic hydroxyl groups is 2. The van der Waals surface area contributed by atoms with Crippen LogP contribution in [0.5, 0.6) is 0 Å². The number of alkyl halides is 2. The van der Waals surface area contributed by atoms with Crippen molar-refractivity contribution in [2.75, 3.05) is 0 Å². The number of cyclic esters (lactones) is 1. The van der Waals surface area contributed by atoms with Crippen LogP contribution in [0.25, 0.3) is 0 Å². The summed E-state index contributed by atoms with van der Waals surface area (Å²) in [6.07, 6.45) is 24.0. The summed E-state index contributed by atoms with van der Waals surface area (Å²) in [7, 11) is 0. The van der Waals surface area contributed by atoms with Crippen molar-refractivity contribution in [3.05, 3.63) is 11.6 Å². The van der Waals surface area contributed by atoms with Crippen molar-refractivity contribution >= 4 is 5.97 Å². The van der Waals surface area contributed by atoms with Gasteiger partial charge in [0.15, 0.2) is 6.10 Å². The third-order valence-corrected chi connectivity index (χ3v) is 9.11. The molecule has 2 aliphatic heterocycles. The van der Waals surface area contributed by atoms with Crippen molar-refractivity contribution in [3.8, 4) is 0 Å². The van der Waals surface area contributed by atoms with E-state index in [1.54, 1.807) is 0 Å². The molecule has 5 atom stereocenters. The second-order valence-corrected chi connectivity index (χ2v) is 12.9. The molecule has 0 spiro atoms. The van der Waals surface area contributed by atoms with Gasteiger partial charge in [0.25, 0.3) is 6.43 Å². The van der Waals surface area contributed by atoms with E-state index in [0.29, 0.717) is 12.0 Å². The summed E-state index contributed by atoms with van der Waals surface area (Å²) in [6, 6.07) is 0. The van der Waals surface area contributed by atoms with Crippen molar-refractivity contribution in [1.82, 2.24) is 0 Å². The first-order valence-corrected chi connectivity index (χ1v) is 17.6. The number of rotatable bonds is 27. The molecule has 0 aromatic carbocycles. The Bertz CT molecular complexity index is 715. The average Bonchev–Trinajstić information content (AvgIpc) is 3.62. The predicted octanol–water partition coefficient (Wildman–Crippen LogP) is 9.36. The third-order valence-electron chi connectivity index (χ3n) is 9.11. The Morgan fingerprint density at radius 1 is 0.690 bits per heavy atom. The van der Waals surface area contributed by atoms with Crippen LogP contribution in [0.2, 0.25) is 0 Å². The van der Waals surface area contributed by atoms with Gasteiger partial charge < -0.3 is 19.7 Å². The number of hydrogen-bond donors (Lipinski definition) is 2. The van der Waals surface area contributed by atoms with Crippen LogP contribution in [0.15, 0.2) is 11.6 Å². The van der Waals surface area contributed by atoms with Gasteiger partial charge in [-0.2, -0.15) is 0 Å². The summed E-state index contributed by atoms with van der Waals surface area (Å²) in [5.74, 6) is -0.582. The van der Waals surface area contributed by atoms with Gasteiger partial charge in [-0.15, -0.1) is 0 Å². The molecule has 0 unspecified atom stereocenters. The highest BCUT2D eigenvalue weighted by Gasteiger charge is 2.34. The SMILES string of the molecule is CCCCCCCCCCCC[C@@H](O)[C@H]1CC[C@H]([C@H](O)CCCCCCCCCCCCC2=C[C@H](C(F)F)OC2=O)O1. The fraction of sp³-hybridized carbons (Fsp3) is 0.914. The molecular weight excluding hydrogens is 538 g/mol. The highest BCUT2D eigenvalue weighted by Crippen LogP contribution is 2.29. The van der Waals surface area contributed by atoms with Crippen LogP contribution in [0.3, 0.4) is 0 Å². The van der Waals surface area contributed by atoms with E-state index in [1.165, 1.54) is 89.5 Å². The van der Waals surface area contributed by atoms with Gasteiger partial charge in [0.2, 0.25) is 0 Å². The number of carbonyl (C=O) groups excluding carboxylic acids is 1. The molecule has 2 aliphatic rings. The molecule has 0 aromatic rings. The van der Waals surface area contributed by atoms with E-state index in [0.717, 1.165) is 70.6 Å². The average molecular weight is 601 g/mol. The lowest BCUT2D eigenvalue weighted by Gasteiger charge is -2.22. The number of esters is 1. The lowest BCUT2D eigenvalue weighted by Crippen LogP contribution is -2.31. The maximum absolute atomic E-state index is 12.6. The Morgan fingerprint density at radius 3 is 1.50 bits per heavy atom. The highest BCUT2D eigenvalue weighted by atomic mass is 19.3. The molecule has 5 nitrogen and oxygen atoms in total. The first kappa shape index (κ1) is 37.1. The largest absolute Gasteiger partial charge is 0.449 e. The van der Waals surface area contributed by atoms with E-state index >= 15 is 0 Å². The zero-order chi connectivity index (χ0) is 30.4. The molecule has 2 N–H and O–H groups in total. The molecule has 246 valence electrons. The van der Waals surface area contributed by atoms with Crippen molar-refractivity contribution in [3.63, 3.8) is 0 Å². The lowest BCUT2D eigenvalue weighted by molar-refractivity contribution is -0.145. The van der Waals surface area contributed by atoms with Gasteiger partial charge in [-0.25, -0.2) is 13.6 Å². The third kappa shape index (κ3) is 16.1. The molecule has 2 rings (SSSR count). The minimum absolute atomic E-state index is 0.114. The van der Waals surface area contributed by atoms with Crippen molar-refractivity contribution < 1.29 is 33.3 Å². The van der Waals surface area contributed by atoms with E-state index in [4.69, 9.17) is 4.74 Å². The molecule has 2 heterocycles. The maximum Gasteiger partial charge on any atom is 0.334 e. The van der Waals surface area contributed by atoms with Gasteiger partial charge in [0.1, 0.15) is 0 Å². The summed E-state index contributed by atoms with van der Waals surface area (Å²) in [4.78, 5) is 11.6. The normalized spacial score (nSPS) is 22.1. The fourth-order valence-corrected chi connectivity index (χ4v) is 6.36. The zero-order valence-electron chi connectivity index (χ0n) is 26.6. The van der Waals surface area contributed by atoms with Gasteiger partial charge in [-0.1, -0.05) is 129 Å². The van der Waals surface area contributed by atoms with Crippen LogP contribution in [0, 0.1) is 0 Å². The Morgan fingerprint density at radius 2 is 1.10 bits per heavy atom. The van der Waals surface area contributed by atoms with Gasteiger partial charge in [-0.3, -0.25) is 0 Å². The Labute approximate surface area is 255 Å². The summed E-state index contributed by atoms with van der Waals surface area (Å²) < 4.78 is 36.0. The molecule has 1 saturated heterocycles. The van der Waals surface area contributed by atoms with E-state index in [1.807, 2.05) is 0 Å². The number of halogens is 2. The molecule has 0 aromatic heterocycles. The summed E-state index contributed by atoms with van der Waals surface area (Å²) in [6.45, 7) is 2.26. The topological polar surface area (TPSA) is 76.0 Å². The maximum atomic E-state index is 12.6. The first-order valence-electron chi connectivity index (χ1n) is 17.6. The van der Waals surface area contributed by atoms with Crippen molar-refractivity contribution in [2.24, 2.45) is 0 Å². The highest BCUT2D eigenvalue weighted by molar-refractivity contribution is 5.90. The molecule has 1 fully saturated rings. The number of carbonyl (C=O) groups is 1. The zero-order valence-corrected chi connectivity index (χ0v) is 26.6. The van der Waals surface area contributed by atoms with Gasteiger partial charge >= 0.3 is 5.97 Å². The van der Waals surface area contributed by atoms with E-state index in [-0.39, 0.29) is 12.2 Å². The van der Waals surface area contributed by atoms with Crippen LogP contribution >= 0.6 is 0 Å². The minimum atomic E-state index is -2.64. The van der Waals surface area contributed by atoms with Gasteiger partial charge in [0.05, 0.1) is 24.4 Å². The van der Waals surface area contributed by atoms with Crippen LogP contribution in [-0.2, 0) is 14.3 Å². The van der Waals surface area contributed by atoms with E-state index in [2.05, 4.69) is 11.7 Å². The Hall–Kier alpha value is -1.05. The Kier molecular flexibility index (Phi) is 20.6. The molecule has 42 heavy (non-hydrogen) atoms. The first-order chi connectivity index (χ1) is 20.4. The molecular formula is C35H62F2O5. The van der Waals surface area contributed by atoms with Crippen molar-refractivity contribution in [2.45, 2.75) is 204 Å². The summed E-state index contributed by atoms with van der Waals surface area (Å²) >= 11 is 0. The molecule has 0 bridgehead atoms. The lowest BCUT2D eigenvalue weighted by atomic mass is 10.00. The number of aliphatic hydroxyl groups excluding tert-OH is 2. The molecule has 7 heteroatoms. The second-order valence-electron chi connectivity index (χ2n) is 12.9. The number of unbranched alkanes of at least 4 members (excludes halogenated alkanes) is 18. The summed E-state index contributed by atoms with van der Waals surface area (Å²) in [5.41, 5.74) is 0.405.